The van der Waals surface area contributed by atoms with Crippen LogP contribution in [0.4, 0.5) is 10.2 Å². The molecule has 1 aromatic heterocycles. The minimum Gasteiger partial charge on any atom is -0.468 e. The Morgan fingerprint density at radius 3 is 2.75 bits per heavy atom. The number of hydrogen-bond donors (Lipinski definition) is 0. The third kappa shape index (κ3) is 4.14. The summed E-state index contributed by atoms with van der Waals surface area (Å²) in [5, 5.41) is 2.49. The van der Waals surface area contributed by atoms with Gasteiger partial charge in [0.15, 0.2) is 11.9 Å². The fourth-order valence-electron chi connectivity index (χ4n) is 4.26. The minimum atomic E-state index is -0.437. The van der Waals surface area contributed by atoms with E-state index in [0.717, 1.165) is 38.6 Å². The molecule has 8 heteroatoms. The number of methoxy groups -OCH3 is 1. The van der Waals surface area contributed by atoms with Gasteiger partial charge in [0.05, 0.1) is 12.3 Å². The summed E-state index contributed by atoms with van der Waals surface area (Å²) in [4.78, 5) is 11.5. The van der Waals surface area contributed by atoms with Crippen molar-refractivity contribution in [1.82, 2.24) is 9.97 Å². The fourth-order valence-corrected chi connectivity index (χ4v) is 4.64. The number of anilines is 1. The van der Waals surface area contributed by atoms with Crippen LogP contribution in [0, 0.1) is 5.82 Å². The number of aromatic nitrogens is 2. The Morgan fingerprint density at radius 1 is 1.25 bits per heavy atom. The van der Waals surface area contributed by atoms with E-state index in [1.807, 2.05) is 44.3 Å². The number of aryl methyl sites for hydroxylation is 1. The molecule has 0 radical (unpaired) electrons. The average molecular weight is 458 g/mol. The molecule has 1 atom stereocenters. The van der Waals surface area contributed by atoms with Crippen molar-refractivity contribution in [2.75, 3.05) is 45.8 Å². The number of fused-ring (bicyclic) bond motifs is 2. The average Bonchev–Trinajstić information content (AvgIpc) is 2.81. The molecule has 0 spiro atoms. The van der Waals surface area contributed by atoms with Gasteiger partial charge in [0.25, 0.3) is 0 Å². The molecule has 4 rings (SSSR count). The van der Waals surface area contributed by atoms with Gasteiger partial charge < -0.3 is 19.1 Å². The molecule has 0 bridgehead atoms. The van der Waals surface area contributed by atoms with Gasteiger partial charge >= 0.3 is 0 Å². The van der Waals surface area contributed by atoms with Gasteiger partial charge in [-0.25, -0.2) is 14.4 Å². The summed E-state index contributed by atoms with van der Waals surface area (Å²) in [6.07, 6.45) is 2.80. The summed E-state index contributed by atoms with van der Waals surface area (Å²) in [5.74, 6) is 1.24. The van der Waals surface area contributed by atoms with Gasteiger partial charge in [0.1, 0.15) is 23.5 Å². The van der Waals surface area contributed by atoms with E-state index in [1.54, 1.807) is 13.2 Å². The van der Waals surface area contributed by atoms with Crippen molar-refractivity contribution in [2.24, 2.45) is 0 Å². The van der Waals surface area contributed by atoms with Crippen LogP contribution in [0.5, 0.6) is 5.75 Å². The number of halogens is 1. The summed E-state index contributed by atoms with van der Waals surface area (Å²) in [6.45, 7) is 2.61. The molecule has 1 aliphatic rings. The zero-order valence-corrected chi connectivity index (χ0v) is 19.9. The summed E-state index contributed by atoms with van der Waals surface area (Å²) < 4.78 is 32.1. The summed E-state index contributed by atoms with van der Waals surface area (Å²) >= 11 is 1.52. The maximum atomic E-state index is 14.8. The molecule has 0 amide bonds. The molecule has 0 saturated heterocycles. The topological polar surface area (TPSA) is 56.7 Å². The molecule has 2 aromatic carbocycles. The fraction of sp³-hybridized carbons (Fsp3) is 0.417. The predicted octanol–water partition coefficient (Wildman–Crippen LogP) is 4.76. The largest absolute Gasteiger partial charge is 0.468 e. The lowest BCUT2D eigenvalue weighted by atomic mass is 9.89. The first-order valence-corrected chi connectivity index (χ1v) is 11.8. The second-order valence-corrected chi connectivity index (χ2v) is 8.60. The van der Waals surface area contributed by atoms with Gasteiger partial charge in [0, 0.05) is 33.2 Å². The highest BCUT2D eigenvalue weighted by molar-refractivity contribution is 7.98. The van der Waals surface area contributed by atoms with Gasteiger partial charge in [-0.05, 0) is 52.8 Å². The van der Waals surface area contributed by atoms with Crippen molar-refractivity contribution in [3.05, 3.63) is 52.5 Å². The van der Waals surface area contributed by atoms with Gasteiger partial charge in [-0.15, -0.1) is 0 Å². The van der Waals surface area contributed by atoms with Gasteiger partial charge in [-0.3, -0.25) is 0 Å². The lowest BCUT2D eigenvalue weighted by Crippen LogP contribution is -2.25. The summed E-state index contributed by atoms with van der Waals surface area (Å²) in [5.41, 5.74) is 3.42. The first kappa shape index (κ1) is 22.8. The van der Waals surface area contributed by atoms with Crippen molar-refractivity contribution < 1.29 is 18.6 Å². The van der Waals surface area contributed by atoms with E-state index in [9.17, 15) is 4.39 Å². The van der Waals surface area contributed by atoms with E-state index >= 15 is 0 Å². The standard InChI is InChI=1S/C24H28FN3O3S/c1-6-16-18(25)8-7-14-11-15(31-13-29-4)12-17(20(14)16)22-21-19(9-10-30-22)26-24(32-5)27-23(21)28(2)3/h7-8,11-12,22H,6,9-10,13H2,1-5H3. The summed E-state index contributed by atoms with van der Waals surface area (Å²) in [7, 11) is 5.51. The third-order valence-corrected chi connectivity index (χ3v) is 6.18. The number of hydrogen-bond acceptors (Lipinski definition) is 7. The van der Waals surface area contributed by atoms with Crippen LogP contribution in [-0.4, -0.2) is 50.8 Å². The highest BCUT2D eigenvalue weighted by atomic mass is 32.2. The van der Waals surface area contributed by atoms with Crippen LogP contribution in [0.3, 0.4) is 0 Å². The molecule has 3 aromatic rings. The zero-order valence-electron chi connectivity index (χ0n) is 19.1. The van der Waals surface area contributed by atoms with E-state index in [1.165, 1.54) is 17.8 Å². The highest BCUT2D eigenvalue weighted by Crippen LogP contribution is 2.43. The maximum Gasteiger partial charge on any atom is 0.189 e. The number of benzene rings is 2. The van der Waals surface area contributed by atoms with Crippen LogP contribution >= 0.6 is 11.8 Å². The molecular formula is C24H28FN3O3S. The Bertz CT molecular complexity index is 1140. The molecule has 32 heavy (non-hydrogen) atoms. The van der Waals surface area contributed by atoms with Gasteiger partial charge in [0.2, 0.25) is 0 Å². The second-order valence-electron chi connectivity index (χ2n) is 7.83. The monoisotopic (exact) mass is 457 g/mol. The van der Waals surface area contributed by atoms with Crippen molar-refractivity contribution in [1.29, 1.82) is 0 Å². The molecule has 2 heterocycles. The van der Waals surface area contributed by atoms with Gasteiger partial charge in [-0.2, -0.15) is 0 Å². The molecule has 0 saturated carbocycles. The van der Waals surface area contributed by atoms with Crippen molar-refractivity contribution in [3.63, 3.8) is 0 Å². The highest BCUT2D eigenvalue weighted by Gasteiger charge is 2.32. The number of thioether (sulfide) groups is 1. The molecule has 1 aliphatic heterocycles. The minimum absolute atomic E-state index is 0.123. The molecule has 0 N–H and O–H groups in total. The smallest absolute Gasteiger partial charge is 0.189 e. The Kier molecular flexibility index (Phi) is 6.83. The van der Waals surface area contributed by atoms with E-state index in [0.29, 0.717) is 30.8 Å². The van der Waals surface area contributed by atoms with Gasteiger partial charge in [-0.1, -0.05) is 24.8 Å². The van der Waals surface area contributed by atoms with E-state index in [2.05, 4.69) is 0 Å². The Hall–Kier alpha value is -2.42. The quantitative estimate of drug-likeness (QED) is 0.288. The van der Waals surface area contributed by atoms with Crippen LogP contribution < -0.4 is 9.64 Å². The molecule has 6 nitrogen and oxygen atoms in total. The lowest BCUT2D eigenvalue weighted by molar-refractivity contribution is 0.0501. The normalized spacial score (nSPS) is 15.6. The van der Waals surface area contributed by atoms with E-state index in [-0.39, 0.29) is 12.6 Å². The molecule has 170 valence electrons. The van der Waals surface area contributed by atoms with Crippen LogP contribution in [0.25, 0.3) is 10.8 Å². The molecule has 0 aliphatic carbocycles. The van der Waals surface area contributed by atoms with Crippen LogP contribution in [0.15, 0.2) is 29.4 Å². The van der Waals surface area contributed by atoms with Crippen molar-refractivity contribution in [2.45, 2.75) is 31.0 Å². The van der Waals surface area contributed by atoms with E-state index in [4.69, 9.17) is 24.2 Å². The predicted molar refractivity (Wildman–Crippen MR) is 125 cm³/mol. The number of nitrogens with zero attached hydrogens (tertiary/aromatic N) is 3. The lowest BCUT2D eigenvalue weighted by Gasteiger charge is -2.31. The van der Waals surface area contributed by atoms with Crippen LogP contribution in [-0.2, 0) is 22.3 Å². The molecule has 0 fully saturated rings. The molecular weight excluding hydrogens is 429 g/mol. The number of ether oxygens (including phenoxy) is 3. The molecule has 1 unspecified atom stereocenters. The van der Waals surface area contributed by atoms with Crippen molar-refractivity contribution in [3.8, 4) is 5.75 Å². The first-order chi connectivity index (χ1) is 15.5. The van der Waals surface area contributed by atoms with E-state index < -0.39 is 6.10 Å². The second kappa shape index (κ2) is 9.60. The Morgan fingerprint density at radius 2 is 2.06 bits per heavy atom. The number of rotatable bonds is 7. The Balaban J connectivity index is 2.01. The van der Waals surface area contributed by atoms with Crippen LogP contribution in [0.2, 0.25) is 0 Å². The third-order valence-electron chi connectivity index (χ3n) is 5.63. The zero-order chi connectivity index (χ0) is 22.8. The Labute approximate surface area is 192 Å². The van der Waals surface area contributed by atoms with Crippen LogP contribution in [0.1, 0.15) is 35.4 Å². The first-order valence-electron chi connectivity index (χ1n) is 10.6. The van der Waals surface area contributed by atoms with Crippen molar-refractivity contribution >= 4 is 28.4 Å². The maximum absolute atomic E-state index is 14.8. The summed E-state index contributed by atoms with van der Waals surface area (Å²) in [6, 6.07) is 7.15. The SMILES string of the molecule is CCc1c(F)ccc2cc(OCOC)cc(C3OCCc4nc(SC)nc(N(C)C)c43)c12.